The van der Waals surface area contributed by atoms with Gasteiger partial charge in [-0.15, -0.1) is 11.3 Å². The molecule has 4 aromatic heterocycles. The molecule has 7 heteroatoms. The minimum atomic E-state index is 0.614. The maximum atomic E-state index is 5.35. The van der Waals surface area contributed by atoms with E-state index in [0.717, 1.165) is 77.0 Å². The maximum Gasteiger partial charge on any atom is 0.164 e. The minimum absolute atomic E-state index is 0.614. The zero-order valence-electron chi connectivity index (χ0n) is 31.6. The highest BCUT2D eigenvalue weighted by molar-refractivity contribution is 7.26. The Kier molecular flexibility index (Phi) is 7.61. The van der Waals surface area contributed by atoms with E-state index in [4.69, 9.17) is 19.9 Å². The van der Waals surface area contributed by atoms with Crippen LogP contribution in [0.5, 0.6) is 0 Å². The quantitative estimate of drug-likeness (QED) is 0.169. The second-order valence-electron chi connectivity index (χ2n) is 14.6. The van der Waals surface area contributed by atoms with Crippen LogP contribution >= 0.6 is 11.3 Å². The number of rotatable bonds is 6. The van der Waals surface area contributed by atoms with Crippen LogP contribution in [0.3, 0.4) is 0 Å². The predicted molar refractivity (Wildman–Crippen MR) is 243 cm³/mol. The Labute approximate surface area is 343 Å². The van der Waals surface area contributed by atoms with Crippen molar-refractivity contribution in [3.63, 3.8) is 0 Å². The van der Waals surface area contributed by atoms with Gasteiger partial charge in [0.15, 0.2) is 17.5 Å². The summed E-state index contributed by atoms with van der Waals surface area (Å²) in [5, 5.41) is 4.61. The number of para-hydroxylation sites is 5. The normalized spacial score (nSPS) is 11.7. The Morgan fingerprint density at radius 3 is 1.66 bits per heavy atom. The highest BCUT2D eigenvalue weighted by Crippen LogP contribution is 2.45. The van der Waals surface area contributed by atoms with E-state index >= 15 is 0 Å². The Hall–Kier alpha value is -7.74. The van der Waals surface area contributed by atoms with Gasteiger partial charge in [0.05, 0.1) is 22.1 Å². The molecule has 12 aromatic rings. The molecule has 0 bridgehead atoms. The first kappa shape index (κ1) is 33.4. The minimum Gasteiger partial charge on any atom is -0.309 e. The van der Waals surface area contributed by atoms with Gasteiger partial charge in [0.2, 0.25) is 0 Å². The maximum absolute atomic E-state index is 5.35. The fourth-order valence-electron chi connectivity index (χ4n) is 8.59. The van der Waals surface area contributed by atoms with Crippen LogP contribution in [0.2, 0.25) is 0 Å². The molecule has 4 heterocycles. The molecule has 0 amide bonds. The summed E-state index contributed by atoms with van der Waals surface area (Å²) >= 11 is 1.78. The molecule has 59 heavy (non-hydrogen) atoms. The van der Waals surface area contributed by atoms with Gasteiger partial charge in [-0.3, -0.25) is 4.57 Å². The van der Waals surface area contributed by atoms with Crippen molar-refractivity contribution in [1.82, 2.24) is 29.1 Å². The van der Waals surface area contributed by atoms with Crippen LogP contribution in [0.1, 0.15) is 0 Å². The second-order valence-corrected chi connectivity index (χ2v) is 15.7. The van der Waals surface area contributed by atoms with Gasteiger partial charge in [0.1, 0.15) is 5.82 Å². The molecule has 0 saturated heterocycles. The fraction of sp³-hybridized carbons (Fsp3) is 0. The van der Waals surface area contributed by atoms with Crippen LogP contribution in [-0.4, -0.2) is 29.1 Å². The molecule has 0 fully saturated rings. The van der Waals surface area contributed by atoms with Gasteiger partial charge >= 0.3 is 0 Å². The van der Waals surface area contributed by atoms with E-state index in [2.05, 4.69) is 185 Å². The Morgan fingerprint density at radius 2 is 0.915 bits per heavy atom. The SMILES string of the molecule is c1ccc(-c2nc(-c3ccc4c5ccccc5n(-c5ccccc5)c4c3)nc(-c3cccc4sc5cccc(-c6nc7ccccc7n6-c6ccccc6)c5c34)n2)cc1. The van der Waals surface area contributed by atoms with Gasteiger partial charge in [0, 0.05) is 64.6 Å². The zero-order chi connectivity index (χ0) is 38.9. The van der Waals surface area contributed by atoms with Gasteiger partial charge in [0.25, 0.3) is 0 Å². The Morgan fingerprint density at radius 1 is 0.356 bits per heavy atom. The van der Waals surface area contributed by atoms with Crippen LogP contribution < -0.4 is 0 Å². The molecule has 276 valence electrons. The second kappa shape index (κ2) is 13.4. The highest BCUT2D eigenvalue weighted by Gasteiger charge is 2.23. The molecule has 0 radical (unpaired) electrons. The van der Waals surface area contributed by atoms with Gasteiger partial charge in [-0.2, -0.15) is 0 Å². The third kappa shape index (κ3) is 5.40. The predicted octanol–water partition coefficient (Wildman–Crippen LogP) is 13.3. The van der Waals surface area contributed by atoms with Crippen LogP contribution in [0.15, 0.2) is 194 Å². The summed E-state index contributed by atoms with van der Waals surface area (Å²) in [5.74, 6) is 2.75. The number of imidazole rings is 1. The summed E-state index contributed by atoms with van der Waals surface area (Å²) in [6.45, 7) is 0. The first-order valence-electron chi connectivity index (χ1n) is 19.7. The monoisotopic (exact) mass is 772 g/mol. The summed E-state index contributed by atoms with van der Waals surface area (Å²) in [6.07, 6.45) is 0. The average molecular weight is 773 g/mol. The topological polar surface area (TPSA) is 61.4 Å². The molecule has 0 aliphatic heterocycles. The van der Waals surface area contributed by atoms with Crippen molar-refractivity contribution in [1.29, 1.82) is 0 Å². The van der Waals surface area contributed by atoms with E-state index in [-0.39, 0.29) is 0 Å². The van der Waals surface area contributed by atoms with Gasteiger partial charge in [-0.25, -0.2) is 19.9 Å². The number of aromatic nitrogens is 6. The first-order valence-corrected chi connectivity index (χ1v) is 20.5. The number of hydrogen-bond donors (Lipinski definition) is 0. The van der Waals surface area contributed by atoms with Gasteiger partial charge < -0.3 is 4.57 Å². The summed E-state index contributed by atoms with van der Waals surface area (Å²) < 4.78 is 6.93. The Bertz CT molecular complexity index is 3550. The molecule has 0 saturated carbocycles. The van der Waals surface area contributed by atoms with Crippen LogP contribution in [0, 0.1) is 0 Å². The first-order chi connectivity index (χ1) is 29.3. The Balaban J connectivity index is 1.12. The van der Waals surface area contributed by atoms with E-state index in [9.17, 15) is 0 Å². The fourth-order valence-corrected chi connectivity index (χ4v) is 9.75. The molecular weight excluding hydrogens is 741 g/mol. The lowest BCUT2D eigenvalue weighted by atomic mass is 10.0. The van der Waals surface area contributed by atoms with E-state index in [1.54, 1.807) is 11.3 Å². The van der Waals surface area contributed by atoms with E-state index in [1.165, 1.54) is 15.5 Å². The molecule has 0 N–H and O–H groups in total. The van der Waals surface area contributed by atoms with E-state index in [0.29, 0.717) is 17.5 Å². The molecule has 0 aliphatic carbocycles. The molecule has 8 aromatic carbocycles. The molecule has 0 spiro atoms. The molecule has 6 nitrogen and oxygen atoms in total. The largest absolute Gasteiger partial charge is 0.309 e. The molecule has 12 rings (SSSR count). The van der Waals surface area contributed by atoms with Gasteiger partial charge in [-0.1, -0.05) is 133 Å². The lowest BCUT2D eigenvalue weighted by Crippen LogP contribution is -2.01. The summed E-state index contributed by atoms with van der Waals surface area (Å²) in [5.41, 5.74) is 10.3. The van der Waals surface area contributed by atoms with Crippen molar-refractivity contribution >= 4 is 64.3 Å². The summed E-state index contributed by atoms with van der Waals surface area (Å²) in [7, 11) is 0. The average Bonchev–Trinajstić information content (AvgIpc) is 3.99. The van der Waals surface area contributed by atoms with Crippen molar-refractivity contribution in [2.24, 2.45) is 0 Å². The molecule has 0 unspecified atom stereocenters. The van der Waals surface area contributed by atoms with Crippen LogP contribution in [0.4, 0.5) is 0 Å². The number of hydrogen-bond acceptors (Lipinski definition) is 5. The van der Waals surface area contributed by atoms with Crippen LogP contribution in [-0.2, 0) is 0 Å². The van der Waals surface area contributed by atoms with E-state index in [1.807, 2.05) is 18.2 Å². The molecule has 0 aliphatic rings. The number of thiophene rings is 1. The van der Waals surface area contributed by atoms with Crippen LogP contribution in [0.25, 0.3) is 110 Å². The number of nitrogens with zero attached hydrogens (tertiary/aromatic N) is 6. The third-order valence-corrected chi connectivity index (χ3v) is 12.3. The summed E-state index contributed by atoms with van der Waals surface area (Å²) in [4.78, 5) is 21.1. The lowest BCUT2D eigenvalue weighted by molar-refractivity contribution is 1.08. The summed E-state index contributed by atoms with van der Waals surface area (Å²) in [6, 6.07) is 67.7. The molecular formula is C52H32N6S. The zero-order valence-corrected chi connectivity index (χ0v) is 32.4. The van der Waals surface area contributed by atoms with E-state index < -0.39 is 0 Å². The van der Waals surface area contributed by atoms with Crippen molar-refractivity contribution < 1.29 is 0 Å². The van der Waals surface area contributed by atoms with Gasteiger partial charge in [-0.05, 0) is 60.7 Å². The smallest absolute Gasteiger partial charge is 0.164 e. The third-order valence-electron chi connectivity index (χ3n) is 11.2. The standard InChI is InChI=1S/C52H32N6S/c1-4-16-33(17-5-1)49-54-50(34-30-31-38-37-22-10-12-26-42(37)57(44(38)32-34)35-18-6-2-7-19-35)56-51(55-49)39-23-14-28-45-47(39)48-40(24-15-29-46(48)59-45)52-53-41-25-11-13-27-43(41)58(52)36-20-8-3-9-21-36/h1-32H. The highest BCUT2D eigenvalue weighted by atomic mass is 32.1. The van der Waals surface area contributed by atoms with Crippen molar-refractivity contribution in [2.75, 3.05) is 0 Å². The lowest BCUT2D eigenvalue weighted by Gasteiger charge is -2.12. The van der Waals surface area contributed by atoms with Crippen molar-refractivity contribution in [3.8, 4) is 56.9 Å². The van der Waals surface area contributed by atoms with Crippen molar-refractivity contribution in [2.45, 2.75) is 0 Å². The molecule has 0 atom stereocenters. The number of fused-ring (bicyclic) bond motifs is 7. The number of benzene rings is 8. The van der Waals surface area contributed by atoms with Crippen molar-refractivity contribution in [3.05, 3.63) is 194 Å².